The molecule has 17 heavy (non-hydrogen) atoms. The highest BCUT2D eigenvalue weighted by Gasteiger charge is 2.29. The third-order valence-corrected chi connectivity index (χ3v) is 2.77. The maximum absolute atomic E-state index is 11.9. The van der Waals surface area contributed by atoms with Crippen molar-refractivity contribution in [2.75, 3.05) is 32.1 Å². The first-order valence-electron chi connectivity index (χ1n) is 5.31. The van der Waals surface area contributed by atoms with Gasteiger partial charge in [0.05, 0.1) is 19.3 Å². The van der Waals surface area contributed by atoms with Crippen LogP contribution in [0.1, 0.15) is 0 Å². The Kier molecular flexibility index (Phi) is 2.99. The molecule has 2 rings (SSSR count). The van der Waals surface area contributed by atoms with E-state index in [0.29, 0.717) is 11.4 Å². The van der Waals surface area contributed by atoms with Crippen molar-refractivity contribution in [1.29, 1.82) is 0 Å². The molecule has 1 heterocycles. The topological polar surface area (TPSA) is 49.9 Å². The van der Waals surface area contributed by atoms with Crippen molar-refractivity contribution in [3.8, 4) is 5.75 Å². The number of hydrogen-bond acceptors (Lipinski definition) is 3. The molecule has 0 atom stereocenters. The van der Waals surface area contributed by atoms with Gasteiger partial charge < -0.3 is 9.64 Å². The molecule has 0 aliphatic carbocycles. The van der Waals surface area contributed by atoms with Gasteiger partial charge in [-0.1, -0.05) is 12.1 Å². The summed E-state index contributed by atoms with van der Waals surface area (Å²) in [5.74, 6) is 0.422. The minimum absolute atomic E-state index is 0.0652. The van der Waals surface area contributed by atoms with Crippen LogP contribution in [0, 0.1) is 0 Å². The lowest BCUT2D eigenvalue weighted by molar-refractivity contribution is -0.136. The van der Waals surface area contributed by atoms with Crippen LogP contribution in [-0.4, -0.2) is 44.0 Å². The minimum atomic E-state index is -0.100. The van der Waals surface area contributed by atoms with Crippen LogP contribution >= 0.6 is 0 Å². The Morgan fingerprint density at radius 3 is 2.53 bits per heavy atom. The van der Waals surface area contributed by atoms with Crippen LogP contribution in [0.4, 0.5) is 5.69 Å². The van der Waals surface area contributed by atoms with Gasteiger partial charge in [0, 0.05) is 7.05 Å². The number of amides is 2. The molecule has 0 N–H and O–H groups in total. The van der Waals surface area contributed by atoms with E-state index in [4.69, 9.17) is 4.74 Å². The van der Waals surface area contributed by atoms with E-state index in [1.54, 1.807) is 26.3 Å². The normalized spacial score (nSPS) is 16.4. The lowest BCUT2D eigenvalue weighted by Crippen LogP contribution is -2.52. The van der Waals surface area contributed by atoms with Gasteiger partial charge in [0.25, 0.3) is 0 Å². The number of carbonyl (C=O) groups is 2. The smallest absolute Gasteiger partial charge is 0.247 e. The molecule has 0 unspecified atom stereocenters. The third kappa shape index (κ3) is 2.08. The maximum atomic E-state index is 11.9. The molecular weight excluding hydrogens is 220 g/mol. The number of piperazine rings is 1. The van der Waals surface area contributed by atoms with Crippen LogP contribution in [0.25, 0.3) is 0 Å². The SMILES string of the molecule is COc1ccccc1N1CC(=O)N(C)CC1=O. The monoisotopic (exact) mass is 234 g/mol. The zero-order valence-electron chi connectivity index (χ0n) is 9.84. The molecule has 1 aromatic rings. The van der Waals surface area contributed by atoms with E-state index in [1.807, 2.05) is 12.1 Å². The van der Waals surface area contributed by atoms with E-state index in [1.165, 1.54) is 9.80 Å². The summed E-state index contributed by atoms with van der Waals surface area (Å²) in [4.78, 5) is 26.4. The summed E-state index contributed by atoms with van der Waals surface area (Å²) in [7, 11) is 3.17. The lowest BCUT2D eigenvalue weighted by Gasteiger charge is -2.32. The van der Waals surface area contributed by atoms with Gasteiger partial charge in [-0.15, -0.1) is 0 Å². The van der Waals surface area contributed by atoms with E-state index in [9.17, 15) is 9.59 Å². The molecule has 0 spiro atoms. The zero-order chi connectivity index (χ0) is 12.4. The van der Waals surface area contributed by atoms with Crippen LogP contribution in [0.15, 0.2) is 24.3 Å². The molecule has 1 aliphatic heterocycles. The molecular formula is C12H14N2O3. The number of hydrogen-bond donors (Lipinski definition) is 0. The zero-order valence-corrected chi connectivity index (χ0v) is 9.84. The summed E-state index contributed by atoms with van der Waals surface area (Å²) in [5.41, 5.74) is 0.640. The predicted octanol–water partition coefficient (Wildman–Crippen LogP) is 0.500. The van der Waals surface area contributed by atoms with Crippen LogP contribution < -0.4 is 9.64 Å². The van der Waals surface area contributed by atoms with Crippen LogP contribution in [-0.2, 0) is 9.59 Å². The number of para-hydroxylation sites is 2. The van der Waals surface area contributed by atoms with Gasteiger partial charge >= 0.3 is 0 Å². The molecule has 0 radical (unpaired) electrons. The van der Waals surface area contributed by atoms with Crippen molar-refractivity contribution in [2.24, 2.45) is 0 Å². The molecule has 1 aromatic carbocycles. The van der Waals surface area contributed by atoms with Crippen molar-refractivity contribution in [2.45, 2.75) is 0 Å². The van der Waals surface area contributed by atoms with Gasteiger partial charge in [-0.2, -0.15) is 0 Å². The van der Waals surface area contributed by atoms with Crippen molar-refractivity contribution in [3.05, 3.63) is 24.3 Å². The fourth-order valence-corrected chi connectivity index (χ4v) is 1.79. The van der Waals surface area contributed by atoms with Gasteiger partial charge in [-0.05, 0) is 12.1 Å². The molecule has 1 fully saturated rings. The van der Waals surface area contributed by atoms with Gasteiger partial charge in [0.15, 0.2) is 0 Å². The second kappa shape index (κ2) is 4.45. The van der Waals surface area contributed by atoms with E-state index in [2.05, 4.69) is 0 Å². The minimum Gasteiger partial charge on any atom is -0.495 e. The highest BCUT2D eigenvalue weighted by molar-refractivity contribution is 6.05. The predicted molar refractivity (Wildman–Crippen MR) is 63.0 cm³/mol. The van der Waals surface area contributed by atoms with E-state index < -0.39 is 0 Å². The van der Waals surface area contributed by atoms with E-state index in [0.717, 1.165) is 0 Å². The number of carbonyl (C=O) groups excluding carboxylic acids is 2. The highest BCUT2D eigenvalue weighted by atomic mass is 16.5. The molecule has 0 bridgehead atoms. The Morgan fingerprint density at radius 2 is 1.82 bits per heavy atom. The lowest BCUT2D eigenvalue weighted by atomic mass is 10.2. The first-order valence-corrected chi connectivity index (χ1v) is 5.31. The first kappa shape index (κ1) is 11.4. The Hall–Kier alpha value is -2.04. The fourth-order valence-electron chi connectivity index (χ4n) is 1.79. The fraction of sp³-hybridized carbons (Fsp3) is 0.333. The van der Waals surface area contributed by atoms with Crippen molar-refractivity contribution < 1.29 is 14.3 Å². The van der Waals surface area contributed by atoms with E-state index >= 15 is 0 Å². The number of benzene rings is 1. The Morgan fingerprint density at radius 1 is 1.12 bits per heavy atom. The summed E-state index contributed by atoms with van der Waals surface area (Å²) in [5, 5.41) is 0. The Labute approximate surface area is 99.6 Å². The second-order valence-electron chi connectivity index (χ2n) is 3.90. The summed E-state index contributed by atoms with van der Waals surface area (Å²) >= 11 is 0. The third-order valence-electron chi connectivity index (χ3n) is 2.77. The molecule has 90 valence electrons. The van der Waals surface area contributed by atoms with Gasteiger partial charge in [0.1, 0.15) is 12.3 Å². The number of ether oxygens (including phenoxy) is 1. The molecule has 5 heteroatoms. The van der Waals surface area contributed by atoms with Crippen LogP contribution in [0.5, 0.6) is 5.75 Å². The number of anilines is 1. The molecule has 5 nitrogen and oxygen atoms in total. The van der Waals surface area contributed by atoms with Gasteiger partial charge in [-0.25, -0.2) is 0 Å². The van der Waals surface area contributed by atoms with Crippen LogP contribution in [0.2, 0.25) is 0 Å². The highest BCUT2D eigenvalue weighted by Crippen LogP contribution is 2.28. The number of rotatable bonds is 2. The summed E-state index contributed by atoms with van der Waals surface area (Å²) in [6.07, 6.45) is 0. The molecule has 0 saturated carbocycles. The van der Waals surface area contributed by atoms with Crippen molar-refractivity contribution >= 4 is 17.5 Å². The maximum Gasteiger partial charge on any atom is 0.247 e. The van der Waals surface area contributed by atoms with Gasteiger partial charge in [0.2, 0.25) is 11.8 Å². The number of likely N-dealkylation sites (N-methyl/N-ethyl adjacent to an activating group) is 1. The summed E-state index contributed by atoms with van der Waals surface area (Å²) in [6, 6.07) is 7.18. The van der Waals surface area contributed by atoms with E-state index in [-0.39, 0.29) is 24.9 Å². The molecule has 1 saturated heterocycles. The average Bonchev–Trinajstić information content (AvgIpc) is 2.34. The summed E-state index contributed by atoms with van der Waals surface area (Å²) in [6.45, 7) is 0.173. The Balaban J connectivity index is 2.33. The average molecular weight is 234 g/mol. The standard InChI is InChI=1S/C12H14N2O3/c1-13-7-12(16)14(8-11(13)15)9-5-3-4-6-10(9)17-2/h3-6H,7-8H2,1-2H3. The Bertz CT molecular complexity index is 459. The number of nitrogens with zero attached hydrogens (tertiary/aromatic N) is 2. The second-order valence-corrected chi connectivity index (χ2v) is 3.90. The van der Waals surface area contributed by atoms with Crippen molar-refractivity contribution in [3.63, 3.8) is 0 Å². The van der Waals surface area contributed by atoms with Gasteiger partial charge in [-0.3, -0.25) is 14.5 Å². The number of methoxy groups -OCH3 is 1. The largest absolute Gasteiger partial charge is 0.495 e. The quantitative estimate of drug-likeness (QED) is 0.748. The summed E-state index contributed by atoms with van der Waals surface area (Å²) < 4.78 is 5.19. The van der Waals surface area contributed by atoms with Crippen LogP contribution in [0.3, 0.4) is 0 Å². The molecule has 2 amide bonds. The molecule has 0 aromatic heterocycles. The molecule has 1 aliphatic rings. The first-order chi connectivity index (χ1) is 8.13. The van der Waals surface area contributed by atoms with Crippen molar-refractivity contribution in [1.82, 2.24) is 4.90 Å².